The minimum absolute atomic E-state index is 0.0638. The fourth-order valence-electron chi connectivity index (χ4n) is 2.58. The van der Waals surface area contributed by atoms with E-state index in [-0.39, 0.29) is 5.56 Å². The standard InChI is InChI=1S/C13H12F4N2O/c14-9-4-2-1-3-8(9)10-18-12(5-6-12)11(20)19(10)7-13(15,16)17/h1-4,10,18H,5-7H2. The largest absolute Gasteiger partial charge is 0.406 e. The van der Waals surface area contributed by atoms with E-state index in [1.54, 1.807) is 0 Å². The number of alkyl halides is 3. The Bertz CT molecular complexity index is 554. The van der Waals surface area contributed by atoms with E-state index in [9.17, 15) is 22.4 Å². The number of carbonyl (C=O) groups excluding carboxylic acids is 1. The van der Waals surface area contributed by atoms with Crippen LogP contribution in [0.15, 0.2) is 24.3 Å². The van der Waals surface area contributed by atoms with E-state index in [1.807, 2.05) is 0 Å². The Kier molecular flexibility index (Phi) is 2.79. The van der Waals surface area contributed by atoms with Crippen molar-refractivity contribution in [1.29, 1.82) is 0 Å². The summed E-state index contributed by atoms with van der Waals surface area (Å²) in [6, 6.07) is 5.56. The van der Waals surface area contributed by atoms with E-state index in [1.165, 1.54) is 24.3 Å². The molecule has 1 heterocycles. The van der Waals surface area contributed by atoms with Crippen LogP contribution in [0.4, 0.5) is 17.6 Å². The van der Waals surface area contributed by atoms with Gasteiger partial charge in [-0.1, -0.05) is 18.2 Å². The average Bonchev–Trinajstić information content (AvgIpc) is 3.09. The van der Waals surface area contributed by atoms with Crippen LogP contribution in [0.2, 0.25) is 0 Å². The Morgan fingerprint density at radius 2 is 1.95 bits per heavy atom. The lowest BCUT2D eigenvalue weighted by molar-refractivity contribution is -0.162. The molecule has 1 aliphatic heterocycles. The minimum Gasteiger partial charge on any atom is -0.312 e. The van der Waals surface area contributed by atoms with Gasteiger partial charge in [0.05, 0.1) is 0 Å². The van der Waals surface area contributed by atoms with Gasteiger partial charge in [0.2, 0.25) is 5.91 Å². The van der Waals surface area contributed by atoms with Gasteiger partial charge in [-0.3, -0.25) is 10.1 Å². The number of carbonyl (C=O) groups is 1. The first kappa shape index (κ1) is 13.4. The van der Waals surface area contributed by atoms with Crippen molar-refractivity contribution in [2.75, 3.05) is 6.54 Å². The van der Waals surface area contributed by atoms with Crippen LogP contribution in [-0.4, -0.2) is 29.1 Å². The van der Waals surface area contributed by atoms with Gasteiger partial charge < -0.3 is 4.90 Å². The summed E-state index contributed by atoms with van der Waals surface area (Å²) < 4.78 is 51.7. The van der Waals surface area contributed by atoms with Crippen LogP contribution in [0.5, 0.6) is 0 Å². The summed E-state index contributed by atoms with van der Waals surface area (Å²) in [4.78, 5) is 12.8. The quantitative estimate of drug-likeness (QED) is 0.847. The summed E-state index contributed by atoms with van der Waals surface area (Å²) in [6.07, 6.45) is -4.59. The topological polar surface area (TPSA) is 32.3 Å². The van der Waals surface area contributed by atoms with Gasteiger partial charge in [-0.05, 0) is 18.9 Å². The van der Waals surface area contributed by atoms with Crippen LogP contribution >= 0.6 is 0 Å². The Morgan fingerprint density at radius 3 is 2.50 bits per heavy atom. The summed E-state index contributed by atoms with van der Waals surface area (Å²) in [7, 11) is 0. The number of rotatable bonds is 2. The summed E-state index contributed by atoms with van der Waals surface area (Å²) >= 11 is 0. The highest BCUT2D eigenvalue weighted by atomic mass is 19.4. The fourth-order valence-corrected chi connectivity index (χ4v) is 2.58. The zero-order chi connectivity index (χ0) is 14.5. The van der Waals surface area contributed by atoms with E-state index >= 15 is 0 Å². The average molecular weight is 288 g/mol. The lowest BCUT2D eigenvalue weighted by Gasteiger charge is -2.25. The summed E-state index contributed by atoms with van der Waals surface area (Å²) in [5, 5.41) is 2.86. The van der Waals surface area contributed by atoms with Gasteiger partial charge in [-0.15, -0.1) is 0 Å². The third-order valence-electron chi connectivity index (χ3n) is 3.69. The zero-order valence-corrected chi connectivity index (χ0v) is 10.4. The molecule has 0 aromatic heterocycles. The number of hydrogen-bond acceptors (Lipinski definition) is 2. The monoisotopic (exact) mass is 288 g/mol. The maximum Gasteiger partial charge on any atom is 0.406 e. The van der Waals surface area contributed by atoms with Crippen molar-refractivity contribution in [1.82, 2.24) is 10.2 Å². The van der Waals surface area contributed by atoms with Gasteiger partial charge in [-0.25, -0.2) is 4.39 Å². The Morgan fingerprint density at radius 1 is 1.30 bits per heavy atom. The van der Waals surface area contributed by atoms with Crippen molar-refractivity contribution in [3.05, 3.63) is 35.6 Å². The molecule has 3 rings (SSSR count). The summed E-state index contributed by atoms with van der Waals surface area (Å²) in [5.41, 5.74) is -0.855. The Balaban J connectivity index is 1.96. The second-order valence-corrected chi connectivity index (χ2v) is 5.20. The molecule has 2 fully saturated rings. The van der Waals surface area contributed by atoms with Crippen molar-refractivity contribution in [3.8, 4) is 0 Å². The first-order chi connectivity index (χ1) is 9.32. The Hall–Kier alpha value is -1.63. The van der Waals surface area contributed by atoms with E-state index in [4.69, 9.17) is 0 Å². The second-order valence-electron chi connectivity index (χ2n) is 5.20. The molecule has 2 aliphatic rings. The molecule has 1 aromatic rings. The maximum absolute atomic E-state index is 13.8. The van der Waals surface area contributed by atoms with Crippen LogP contribution < -0.4 is 5.32 Å². The molecule has 1 unspecified atom stereocenters. The third kappa shape index (κ3) is 2.15. The SMILES string of the molecule is O=C1N(CC(F)(F)F)C(c2ccccc2F)NC12CC2. The summed E-state index contributed by atoms with van der Waals surface area (Å²) in [5.74, 6) is -1.22. The van der Waals surface area contributed by atoms with Crippen LogP contribution in [0.25, 0.3) is 0 Å². The van der Waals surface area contributed by atoms with Gasteiger partial charge in [0, 0.05) is 5.56 Å². The van der Waals surface area contributed by atoms with E-state index in [0.717, 1.165) is 0 Å². The smallest absolute Gasteiger partial charge is 0.312 e. The molecule has 0 bridgehead atoms. The number of amides is 1. The molecular weight excluding hydrogens is 276 g/mol. The molecule has 1 amide bonds. The number of nitrogens with one attached hydrogen (secondary N) is 1. The van der Waals surface area contributed by atoms with Gasteiger partial charge in [0.15, 0.2) is 0 Å². The van der Waals surface area contributed by atoms with E-state index in [0.29, 0.717) is 17.7 Å². The molecule has 1 atom stereocenters. The van der Waals surface area contributed by atoms with Crippen LogP contribution in [0.3, 0.4) is 0 Å². The van der Waals surface area contributed by atoms with Crippen LogP contribution in [0, 0.1) is 5.82 Å². The van der Waals surface area contributed by atoms with Crippen molar-refractivity contribution in [2.45, 2.75) is 30.7 Å². The number of benzene rings is 1. The molecule has 20 heavy (non-hydrogen) atoms. The molecule has 1 saturated carbocycles. The van der Waals surface area contributed by atoms with Crippen LogP contribution in [0.1, 0.15) is 24.6 Å². The summed E-state index contributed by atoms with van der Waals surface area (Å²) in [6.45, 7) is -1.38. The Labute approximate surface area is 112 Å². The van der Waals surface area contributed by atoms with Crippen molar-refractivity contribution < 1.29 is 22.4 Å². The number of hydrogen-bond donors (Lipinski definition) is 1. The molecule has 1 aliphatic carbocycles. The molecule has 1 saturated heterocycles. The third-order valence-corrected chi connectivity index (χ3v) is 3.69. The predicted octanol–water partition coefficient (Wildman–Crippen LogP) is 2.35. The van der Waals surface area contributed by atoms with Crippen molar-refractivity contribution >= 4 is 5.91 Å². The molecule has 1 aromatic carbocycles. The van der Waals surface area contributed by atoms with Gasteiger partial charge in [0.25, 0.3) is 0 Å². The lowest BCUT2D eigenvalue weighted by atomic mass is 10.1. The molecule has 108 valence electrons. The lowest BCUT2D eigenvalue weighted by Crippen LogP contribution is -2.39. The fraction of sp³-hybridized carbons (Fsp3) is 0.462. The minimum atomic E-state index is -4.51. The highest BCUT2D eigenvalue weighted by molar-refractivity contribution is 5.92. The molecule has 3 nitrogen and oxygen atoms in total. The number of halogens is 4. The first-order valence-corrected chi connectivity index (χ1v) is 6.22. The molecular formula is C13H12F4N2O. The highest BCUT2D eigenvalue weighted by Gasteiger charge is 2.60. The van der Waals surface area contributed by atoms with Gasteiger partial charge in [0.1, 0.15) is 24.1 Å². The van der Waals surface area contributed by atoms with Gasteiger partial charge >= 0.3 is 6.18 Å². The second kappa shape index (κ2) is 4.18. The van der Waals surface area contributed by atoms with Crippen LogP contribution in [-0.2, 0) is 4.79 Å². The molecule has 7 heteroatoms. The normalized spacial score (nSPS) is 24.5. The first-order valence-electron chi connectivity index (χ1n) is 6.22. The molecule has 0 radical (unpaired) electrons. The molecule has 1 spiro atoms. The van der Waals surface area contributed by atoms with E-state index in [2.05, 4.69) is 5.32 Å². The predicted molar refractivity (Wildman–Crippen MR) is 62.0 cm³/mol. The van der Waals surface area contributed by atoms with E-state index < -0.39 is 36.2 Å². The molecule has 1 N–H and O–H groups in total. The zero-order valence-electron chi connectivity index (χ0n) is 10.4. The maximum atomic E-state index is 13.8. The van der Waals surface area contributed by atoms with Crippen molar-refractivity contribution in [3.63, 3.8) is 0 Å². The highest BCUT2D eigenvalue weighted by Crippen LogP contribution is 2.46. The number of nitrogens with zero attached hydrogens (tertiary/aromatic N) is 1. The van der Waals surface area contributed by atoms with Gasteiger partial charge in [-0.2, -0.15) is 13.2 Å². The van der Waals surface area contributed by atoms with Crippen molar-refractivity contribution in [2.24, 2.45) is 0 Å².